The number of ether oxygens (including phenoxy) is 2. The second-order valence-electron chi connectivity index (χ2n) is 7.06. The largest absolute Gasteiger partial charge is 0.459 e. The number of rotatable bonds is 9. The standard InChI is InChI=1S/C23H28O5/c1-4-7-21(28-22(25)6-3)17-12-14-19(15-13-17)27-23(26)18-10-8-16(9-11-18)20(24)5-2/h5-6,8-11,17,19,21H,2-4,7,12-15H2,1H3. The molecule has 1 fully saturated rings. The quantitative estimate of drug-likeness (QED) is 0.352. The summed E-state index contributed by atoms with van der Waals surface area (Å²) in [5, 5.41) is 0. The Labute approximate surface area is 166 Å². The highest BCUT2D eigenvalue weighted by atomic mass is 16.5. The molecule has 1 aliphatic rings. The number of carbonyl (C=O) groups is 3. The molecule has 2 rings (SSSR count). The molecule has 0 saturated heterocycles. The van der Waals surface area contributed by atoms with Gasteiger partial charge in [-0.3, -0.25) is 4.79 Å². The summed E-state index contributed by atoms with van der Waals surface area (Å²) in [5.41, 5.74) is 0.912. The number of hydrogen-bond donors (Lipinski definition) is 0. The SMILES string of the molecule is C=CC(=O)OC(CCC)C1CCC(OC(=O)c2ccc(C(=O)C=C)cc2)CC1. The van der Waals surface area contributed by atoms with Crippen molar-refractivity contribution >= 4 is 17.7 Å². The fraction of sp³-hybridized carbons (Fsp3) is 0.435. The average Bonchev–Trinajstić information content (AvgIpc) is 2.73. The van der Waals surface area contributed by atoms with Crippen molar-refractivity contribution in [2.75, 3.05) is 0 Å². The summed E-state index contributed by atoms with van der Waals surface area (Å²) in [6, 6.07) is 6.38. The lowest BCUT2D eigenvalue weighted by Gasteiger charge is -2.33. The molecule has 0 N–H and O–H groups in total. The highest BCUT2D eigenvalue weighted by molar-refractivity contribution is 6.04. The first-order valence-corrected chi connectivity index (χ1v) is 9.79. The van der Waals surface area contributed by atoms with Crippen LogP contribution in [0.5, 0.6) is 0 Å². The molecule has 5 heteroatoms. The van der Waals surface area contributed by atoms with Crippen LogP contribution >= 0.6 is 0 Å². The molecule has 1 atom stereocenters. The van der Waals surface area contributed by atoms with E-state index in [0.717, 1.165) is 38.5 Å². The molecule has 0 heterocycles. The van der Waals surface area contributed by atoms with Gasteiger partial charge in [-0.1, -0.05) is 38.6 Å². The zero-order chi connectivity index (χ0) is 20.5. The smallest absolute Gasteiger partial charge is 0.338 e. The lowest BCUT2D eigenvalue weighted by atomic mass is 9.82. The van der Waals surface area contributed by atoms with E-state index in [1.807, 2.05) is 0 Å². The number of benzene rings is 1. The maximum Gasteiger partial charge on any atom is 0.338 e. The maximum absolute atomic E-state index is 12.4. The van der Waals surface area contributed by atoms with E-state index in [9.17, 15) is 14.4 Å². The van der Waals surface area contributed by atoms with Crippen LogP contribution in [0.4, 0.5) is 0 Å². The van der Waals surface area contributed by atoms with E-state index in [1.165, 1.54) is 12.2 Å². The minimum absolute atomic E-state index is 0.109. The summed E-state index contributed by atoms with van der Waals surface area (Å²) < 4.78 is 11.1. The summed E-state index contributed by atoms with van der Waals surface area (Å²) in [4.78, 5) is 35.5. The molecule has 1 aromatic rings. The van der Waals surface area contributed by atoms with Gasteiger partial charge in [0.1, 0.15) is 12.2 Å². The second-order valence-corrected chi connectivity index (χ2v) is 7.06. The predicted octanol–water partition coefficient (Wildman–Crippen LogP) is 4.67. The summed E-state index contributed by atoms with van der Waals surface area (Å²) in [5.74, 6) is -0.672. The van der Waals surface area contributed by atoms with Crippen molar-refractivity contribution in [3.63, 3.8) is 0 Å². The molecule has 0 aromatic heterocycles. The first kappa shape index (κ1) is 21.6. The van der Waals surface area contributed by atoms with Gasteiger partial charge in [0.25, 0.3) is 0 Å². The van der Waals surface area contributed by atoms with Gasteiger partial charge in [0.15, 0.2) is 5.78 Å². The van der Waals surface area contributed by atoms with Gasteiger partial charge in [-0.2, -0.15) is 0 Å². The van der Waals surface area contributed by atoms with Crippen LogP contribution in [0.25, 0.3) is 0 Å². The monoisotopic (exact) mass is 384 g/mol. The third-order valence-electron chi connectivity index (χ3n) is 5.12. The lowest BCUT2D eigenvalue weighted by molar-refractivity contribution is -0.147. The van der Waals surface area contributed by atoms with Gasteiger partial charge in [0.2, 0.25) is 0 Å². The molecule has 0 amide bonds. The van der Waals surface area contributed by atoms with Crippen LogP contribution in [-0.4, -0.2) is 29.9 Å². The molecule has 0 radical (unpaired) electrons. The van der Waals surface area contributed by atoms with Crippen LogP contribution in [-0.2, 0) is 14.3 Å². The molecular formula is C23H28O5. The minimum Gasteiger partial charge on any atom is -0.459 e. The Hall–Kier alpha value is -2.69. The maximum atomic E-state index is 12.4. The Morgan fingerprint density at radius 2 is 1.64 bits per heavy atom. The van der Waals surface area contributed by atoms with Gasteiger partial charge < -0.3 is 9.47 Å². The van der Waals surface area contributed by atoms with Crippen LogP contribution in [0.15, 0.2) is 49.6 Å². The predicted molar refractivity (Wildman–Crippen MR) is 107 cm³/mol. The van der Waals surface area contributed by atoms with Gasteiger partial charge in [0, 0.05) is 11.6 Å². The molecule has 0 aliphatic heterocycles. The van der Waals surface area contributed by atoms with E-state index in [1.54, 1.807) is 24.3 Å². The Morgan fingerprint density at radius 3 is 2.18 bits per heavy atom. The summed E-state index contributed by atoms with van der Waals surface area (Å²) in [6.45, 7) is 8.97. The molecule has 1 aliphatic carbocycles. The van der Waals surface area contributed by atoms with E-state index < -0.39 is 0 Å². The van der Waals surface area contributed by atoms with Crippen molar-refractivity contribution < 1.29 is 23.9 Å². The average molecular weight is 384 g/mol. The van der Waals surface area contributed by atoms with Gasteiger partial charge in [-0.25, -0.2) is 9.59 Å². The van der Waals surface area contributed by atoms with Gasteiger partial charge in [-0.05, 0) is 56.2 Å². The van der Waals surface area contributed by atoms with E-state index in [-0.39, 0.29) is 35.8 Å². The van der Waals surface area contributed by atoms with Gasteiger partial charge >= 0.3 is 11.9 Å². The van der Waals surface area contributed by atoms with Crippen molar-refractivity contribution in [2.24, 2.45) is 5.92 Å². The second kappa shape index (κ2) is 10.6. The normalized spacial score (nSPS) is 19.9. The molecule has 150 valence electrons. The van der Waals surface area contributed by atoms with Crippen LogP contribution in [0.3, 0.4) is 0 Å². The molecule has 0 spiro atoms. The molecule has 5 nitrogen and oxygen atoms in total. The summed E-state index contributed by atoms with van der Waals surface area (Å²) >= 11 is 0. The van der Waals surface area contributed by atoms with Crippen molar-refractivity contribution in [3.8, 4) is 0 Å². The first-order valence-electron chi connectivity index (χ1n) is 9.79. The highest BCUT2D eigenvalue weighted by Gasteiger charge is 2.31. The number of esters is 2. The molecule has 1 saturated carbocycles. The van der Waals surface area contributed by atoms with E-state index in [0.29, 0.717) is 11.1 Å². The third-order valence-corrected chi connectivity index (χ3v) is 5.12. The Bertz CT molecular complexity index is 711. The molecule has 1 aromatic carbocycles. The summed E-state index contributed by atoms with van der Waals surface area (Å²) in [6.07, 6.45) is 7.13. The van der Waals surface area contributed by atoms with Crippen molar-refractivity contribution in [2.45, 2.75) is 57.7 Å². The van der Waals surface area contributed by atoms with E-state index >= 15 is 0 Å². The summed E-state index contributed by atoms with van der Waals surface area (Å²) in [7, 11) is 0. The van der Waals surface area contributed by atoms with Gasteiger partial charge in [-0.15, -0.1) is 0 Å². The highest BCUT2D eigenvalue weighted by Crippen LogP contribution is 2.32. The van der Waals surface area contributed by atoms with Crippen molar-refractivity contribution in [3.05, 3.63) is 60.7 Å². The van der Waals surface area contributed by atoms with E-state index in [4.69, 9.17) is 9.47 Å². The minimum atomic E-state index is -0.385. The number of ketones is 1. The Kier molecular flexibility index (Phi) is 8.18. The van der Waals surface area contributed by atoms with E-state index in [2.05, 4.69) is 20.1 Å². The molecular weight excluding hydrogens is 356 g/mol. The third kappa shape index (κ3) is 5.91. The van der Waals surface area contributed by atoms with Crippen molar-refractivity contribution in [1.82, 2.24) is 0 Å². The molecule has 28 heavy (non-hydrogen) atoms. The number of allylic oxidation sites excluding steroid dienone is 1. The first-order chi connectivity index (χ1) is 13.5. The number of hydrogen-bond acceptors (Lipinski definition) is 5. The Balaban J connectivity index is 1.88. The molecule has 0 bridgehead atoms. The zero-order valence-corrected chi connectivity index (χ0v) is 16.4. The number of carbonyl (C=O) groups excluding carboxylic acids is 3. The van der Waals surface area contributed by atoms with Crippen molar-refractivity contribution in [1.29, 1.82) is 0 Å². The topological polar surface area (TPSA) is 69.7 Å². The zero-order valence-electron chi connectivity index (χ0n) is 16.4. The Morgan fingerprint density at radius 1 is 1.04 bits per heavy atom. The fourth-order valence-corrected chi connectivity index (χ4v) is 3.56. The van der Waals surface area contributed by atoms with Gasteiger partial charge in [0.05, 0.1) is 5.56 Å². The van der Waals surface area contributed by atoms with Crippen LogP contribution < -0.4 is 0 Å². The lowest BCUT2D eigenvalue weighted by Crippen LogP contribution is -2.32. The molecule has 1 unspecified atom stereocenters. The fourth-order valence-electron chi connectivity index (χ4n) is 3.56. The van der Waals surface area contributed by atoms with Crippen LogP contribution in [0, 0.1) is 5.92 Å². The van der Waals surface area contributed by atoms with Crippen LogP contribution in [0.2, 0.25) is 0 Å². The van der Waals surface area contributed by atoms with Crippen LogP contribution in [0.1, 0.15) is 66.2 Å².